The number of furan rings is 1. The lowest BCUT2D eigenvalue weighted by Crippen LogP contribution is -2.27. The second-order valence-corrected chi connectivity index (χ2v) is 14.8. The van der Waals surface area contributed by atoms with E-state index in [1.807, 2.05) is 6.07 Å². The Bertz CT molecular complexity index is 2810. The number of rotatable bonds is 6. The summed E-state index contributed by atoms with van der Waals surface area (Å²) in [7, 11) is 0. The van der Waals surface area contributed by atoms with E-state index in [1.165, 1.54) is 61.5 Å². The lowest BCUT2D eigenvalue weighted by atomic mass is 9.74. The molecule has 1 heterocycles. The number of anilines is 6. The first-order valence-corrected chi connectivity index (χ1v) is 19.1. The molecule has 1 atom stereocenters. The van der Waals surface area contributed by atoms with Crippen molar-refractivity contribution in [3.05, 3.63) is 204 Å². The van der Waals surface area contributed by atoms with Gasteiger partial charge in [-0.2, -0.15) is 0 Å². The van der Waals surface area contributed by atoms with Crippen molar-refractivity contribution in [2.75, 3.05) is 9.80 Å². The van der Waals surface area contributed by atoms with Crippen molar-refractivity contribution in [1.29, 1.82) is 0 Å². The Hall–Kier alpha value is -6.58. The molecule has 11 rings (SSSR count). The zero-order valence-corrected chi connectivity index (χ0v) is 30.0. The van der Waals surface area contributed by atoms with E-state index in [9.17, 15) is 0 Å². The van der Waals surface area contributed by atoms with E-state index in [1.54, 1.807) is 0 Å². The average Bonchev–Trinajstić information content (AvgIpc) is 3.93. The molecule has 258 valence electrons. The minimum absolute atomic E-state index is 0.161. The van der Waals surface area contributed by atoms with Crippen LogP contribution in [0, 0.1) is 0 Å². The second kappa shape index (κ2) is 12.2. The van der Waals surface area contributed by atoms with Crippen molar-refractivity contribution < 1.29 is 4.42 Å². The van der Waals surface area contributed by atoms with Crippen LogP contribution in [0.2, 0.25) is 0 Å². The molecule has 3 heteroatoms. The van der Waals surface area contributed by atoms with Gasteiger partial charge < -0.3 is 14.2 Å². The second-order valence-electron chi connectivity index (χ2n) is 14.8. The van der Waals surface area contributed by atoms with Crippen LogP contribution in [-0.2, 0) is 18.3 Å². The highest BCUT2D eigenvalue weighted by molar-refractivity contribution is 6.07. The summed E-state index contributed by atoms with van der Waals surface area (Å²) in [6.45, 7) is 0. The van der Waals surface area contributed by atoms with E-state index in [2.05, 4.69) is 186 Å². The molecule has 0 unspecified atom stereocenters. The molecule has 0 bridgehead atoms. The van der Waals surface area contributed by atoms with Gasteiger partial charge in [0.05, 0.1) is 17.1 Å². The fourth-order valence-corrected chi connectivity index (χ4v) is 9.76. The number of hydrogen-bond donors (Lipinski definition) is 0. The smallest absolute Gasteiger partial charge is 0.137 e. The largest absolute Gasteiger partial charge is 0.456 e. The fourth-order valence-electron chi connectivity index (χ4n) is 9.76. The molecule has 0 fully saturated rings. The Morgan fingerprint density at radius 3 is 1.63 bits per heavy atom. The molecule has 8 aromatic carbocycles. The zero-order chi connectivity index (χ0) is 35.6. The van der Waals surface area contributed by atoms with Gasteiger partial charge in [-0.25, -0.2) is 0 Å². The van der Waals surface area contributed by atoms with E-state index >= 15 is 0 Å². The van der Waals surface area contributed by atoms with Crippen LogP contribution in [0.3, 0.4) is 0 Å². The third-order valence-corrected chi connectivity index (χ3v) is 12.0. The maximum absolute atomic E-state index is 6.53. The molecule has 1 aromatic heterocycles. The van der Waals surface area contributed by atoms with Crippen LogP contribution in [0.1, 0.15) is 35.1 Å². The third kappa shape index (κ3) is 4.68. The van der Waals surface area contributed by atoms with Crippen molar-refractivity contribution in [2.45, 2.75) is 31.1 Å². The van der Waals surface area contributed by atoms with E-state index in [-0.39, 0.29) is 5.41 Å². The first-order chi connectivity index (χ1) is 26.8. The molecular formula is C51H38N2O. The van der Waals surface area contributed by atoms with Gasteiger partial charge >= 0.3 is 0 Å². The Morgan fingerprint density at radius 1 is 0.389 bits per heavy atom. The summed E-state index contributed by atoms with van der Waals surface area (Å²) >= 11 is 0. The molecule has 0 N–H and O–H groups in total. The number of fused-ring (bicyclic) bond motifs is 8. The van der Waals surface area contributed by atoms with Crippen LogP contribution < -0.4 is 9.80 Å². The average molecular weight is 695 g/mol. The highest BCUT2D eigenvalue weighted by Crippen LogP contribution is 2.60. The van der Waals surface area contributed by atoms with Crippen LogP contribution >= 0.6 is 0 Å². The first kappa shape index (κ1) is 31.0. The number of para-hydroxylation sites is 3. The first-order valence-electron chi connectivity index (χ1n) is 19.1. The van der Waals surface area contributed by atoms with Crippen molar-refractivity contribution in [1.82, 2.24) is 0 Å². The van der Waals surface area contributed by atoms with Crippen LogP contribution in [0.4, 0.5) is 34.1 Å². The van der Waals surface area contributed by atoms with Gasteiger partial charge in [0.1, 0.15) is 11.2 Å². The molecule has 0 saturated heterocycles. The summed E-state index contributed by atoms with van der Waals surface area (Å²) in [5, 5.41) is 4.73. The van der Waals surface area contributed by atoms with Crippen molar-refractivity contribution >= 4 is 66.8 Å². The monoisotopic (exact) mass is 694 g/mol. The molecular weight excluding hydrogens is 657 g/mol. The van der Waals surface area contributed by atoms with E-state index in [0.29, 0.717) is 0 Å². The molecule has 1 spiro atoms. The lowest BCUT2D eigenvalue weighted by molar-refractivity contribution is 0.508. The highest BCUT2D eigenvalue weighted by atomic mass is 16.3. The Morgan fingerprint density at radius 2 is 0.926 bits per heavy atom. The zero-order valence-electron chi connectivity index (χ0n) is 30.0. The van der Waals surface area contributed by atoms with Gasteiger partial charge in [-0.05, 0) is 114 Å². The van der Waals surface area contributed by atoms with Gasteiger partial charge in [0, 0.05) is 44.7 Å². The quantitative estimate of drug-likeness (QED) is 0.173. The Labute approximate surface area is 315 Å². The standard InChI is InChI=1S/C51H38N2O/c1-3-18-38(19-4-1)52(39-20-5-2-6-21-39)45-25-12-16-36-30-32-51(49(36)45)33-31-37-17-13-26-46(50(37)51)53(44-24-11-15-35-14-7-8-22-41(35)44)40-28-29-43-42-23-9-10-27-47(42)54-48(43)34-40/h1-29,34H,30-33H2/t51-/m1/s1. The van der Waals surface area contributed by atoms with Crippen LogP contribution in [0.15, 0.2) is 186 Å². The summed E-state index contributed by atoms with van der Waals surface area (Å²) in [4.78, 5) is 5.00. The van der Waals surface area contributed by atoms with E-state index in [0.717, 1.165) is 53.3 Å². The van der Waals surface area contributed by atoms with Crippen molar-refractivity contribution in [2.24, 2.45) is 0 Å². The molecule has 9 aromatic rings. The molecule has 0 saturated carbocycles. The van der Waals surface area contributed by atoms with Gasteiger partial charge in [-0.1, -0.05) is 115 Å². The van der Waals surface area contributed by atoms with Gasteiger partial charge in [0.15, 0.2) is 0 Å². The summed E-state index contributed by atoms with van der Waals surface area (Å²) in [5.74, 6) is 0. The van der Waals surface area contributed by atoms with Gasteiger partial charge in [-0.3, -0.25) is 0 Å². The van der Waals surface area contributed by atoms with Crippen molar-refractivity contribution in [3.63, 3.8) is 0 Å². The molecule has 54 heavy (non-hydrogen) atoms. The van der Waals surface area contributed by atoms with Gasteiger partial charge in [0.2, 0.25) is 0 Å². The minimum Gasteiger partial charge on any atom is -0.456 e. The summed E-state index contributed by atoms with van der Waals surface area (Å²) in [5.41, 5.74) is 14.6. The SMILES string of the molecule is c1ccc(N(c2ccccc2)c2cccc3c2[C@@]2(CC3)CCc3cccc(N(c4ccc5c(c4)oc4ccccc45)c4cccc5ccccc45)c32)cc1. The van der Waals surface area contributed by atoms with Crippen LogP contribution in [-0.4, -0.2) is 0 Å². The highest BCUT2D eigenvalue weighted by Gasteiger charge is 2.49. The summed E-state index contributed by atoms with van der Waals surface area (Å²) in [6.07, 6.45) is 4.24. The number of benzene rings is 8. The van der Waals surface area contributed by atoms with E-state index < -0.39 is 0 Å². The topological polar surface area (TPSA) is 19.6 Å². The Kier molecular flexibility index (Phi) is 7.03. The van der Waals surface area contributed by atoms with E-state index in [4.69, 9.17) is 4.42 Å². The Balaban J connectivity index is 1.17. The predicted molar refractivity (Wildman–Crippen MR) is 224 cm³/mol. The molecule has 0 radical (unpaired) electrons. The normalized spacial score (nSPS) is 15.9. The molecule has 0 amide bonds. The van der Waals surface area contributed by atoms with Crippen LogP contribution in [0.5, 0.6) is 0 Å². The maximum Gasteiger partial charge on any atom is 0.137 e. The van der Waals surface area contributed by atoms with Gasteiger partial charge in [0.25, 0.3) is 0 Å². The summed E-state index contributed by atoms with van der Waals surface area (Å²) in [6, 6.07) is 66.3. The van der Waals surface area contributed by atoms with Crippen LogP contribution in [0.25, 0.3) is 32.7 Å². The molecule has 3 nitrogen and oxygen atoms in total. The third-order valence-electron chi connectivity index (χ3n) is 12.0. The number of nitrogens with zero attached hydrogens (tertiary/aromatic N) is 2. The lowest BCUT2D eigenvalue weighted by Gasteiger charge is -2.37. The molecule has 2 aliphatic rings. The number of aryl methyl sites for hydroxylation is 2. The number of hydrogen-bond acceptors (Lipinski definition) is 3. The molecule has 0 aliphatic heterocycles. The summed E-state index contributed by atoms with van der Waals surface area (Å²) < 4.78 is 6.53. The fraction of sp³-hybridized carbons (Fsp3) is 0.0980. The predicted octanol–water partition coefficient (Wildman–Crippen LogP) is 13.9. The molecule has 2 aliphatic carbocycles. The van der Waals surface area contributed by atoms with Crippen molar-refractivity contribution in [3.8, 4) is 0 Å². The van der Waals surface area contributed by atoms with Gasteiger partial charge in [-0.15, -0.1) is 0 Å². The minimum atomic E-state index is -0.161. The maximum atomic E-state index is 6.53.